The number of carbonyl (C=O) groups is 1. The van der Waals surface area contributed by atoms with Crippen molar-refractivity contribution in [2.24, 2.45) is 0 Å². The van der Waals surface area contributed by atoms with Crippen LogP contribution in [-0.2, 0) is 11.3 Å². The predicted octanol–water partition coefficient (Wildman–Crippen LogP) is 4.67. The molecule has 1 fully saturated rings. The molecule has 0 aliphatic carbocycles. The van der Waals surface area contributed by atoms with E-state index in [1.807, 2.05) is 41.8 Å². The first kappa shape index (κ1) is 18.9. The number of carbonyl (C=O) groups excluding carboxylic acids is 1. The van der Waals surface area contributed by atoms with Crippen LogP contribution in [0.3, 0.4) is 0 Å². The highest BCUT2D eigenvalue weighted by molar-refractivity contribution is 6.04. The third kappa shape index (κ3) is 3.54. The second-order valence-corrected chi connectivity index (χ2v) is 7.36. The Labute approximate surface area is 169 Å². The number of aromatic nitrogens is 1. The first-order valence-corrected chi connectivity index (χ1v) is 9.82. The molecule has 0 atom stereocenters. The third-order valence-corrected chi connectivity index (χ3v) is 5.60. The molecule has 1 saturated heterocycles. The lowest BCUT2D eigenvalue weighted by Gasteiger charge is -2.14. The molecule has 0 spiro atoms. The van der Waals surface area contributed by atoms with E-state index in [4.69, 9.17) is 0 Å². The molecule has 1 aliphatic heterocycles. The van der Waals surface area contributed by atoms with Crippen molar-refractivity contribution in [2.45, 2.75) is 26.3 Å². The van der Waals surface area contributed by atoms with Gasteiger partial charge in [-0.15, -0.1) is 0 Å². The smallest absolute Gasteiger partial charge is 0.264 e. The Morgan fingerprint density at radius 2 is 1.83 bits per heavy atom. The van der Waals surface area contributed by atoms with Crippen LogP contribution in [0.15, 0.2) is 54.1 Å². The molecule has 0 bridgehead atoms. The molecule has 4 nitrogen and oxygen atoms in total. The minimum Gasteiger partial charge on any atom is -0.340 e. The number of fused-ring (bicyclic) bond motifs is 1. The average molecular weight is 387 g/mol. The Kier molecular flexibility index (Phi) is 5.18. The molecule has 0 radical (unpaired) electrons. The minimum atomic E-state index is -0.247. The third-order valence-electron chi connectivity index (χ3n) is 5.60. The molecule has 1 aliphatic rings. The zero-order chi connectivity index (χ0) is 20.4. The molecule has 4 rings (SSSR count). The lowest BCUT2D eigenvalue weighted by atomic mass is 10.1. The van der Waals surface area contributed by atoms with Gasteiger partial charge in [-0.2, -0.15) is 5.26 Å². The predicted molar refractivity (Wildman–Crippen MR) is 112 cm³/mol. The van der Waals surface area contributed by atoms with E-state index in [1.165, 1.54) is 6.07 Å². The van der Waals surface area contributed by atoms with Crippen LogP contribution in [0.5, 0.6) is 0 Å². The second kappa shape index (κ2) is 7.92. The summed E-state index contributed by atoms with van der Waals surface area (Å²) in [6.45, 7) is 3.73. The molecular weight excluding hydrogens is 365 g/mol. The van der Waals surface area contributed by atoms with Crippen molar-refractivity contribution in [2.75, 3.05) is 13.1 Å². The van der Waals surface area contributed by atoms with E-state index in [-0.39, 0.29) is 17.3 Å². The summed E-state index contributed by atoms with van der Waals surface area (Å²) in [5, 5.41) is 10.6. The van der Waals surface area contributed by atoms with Crippen LogP contribution in [0.25, 0.3) is 17.0 Å². The van der Waals surface area contributed by atoms with E-state index in [2.05, 4.69) is 6.07 Å². The first-order chi connectivity index (χ1) is 14.1. The fourth-order valence-electron chi connectivity index (χ4n) is 4.02. The van der Waals surface area contributed by atoms with Crippen LogP contribution in [0.4, 0.5) is 4.39 Å². The van der Waals surface area contributed by atoms with Gasteiger partial charge in [-0.3, -0.25) is 4.79 Å². The van der Waals surface area contributed by atoms with Gasteiger partial charge in [0.2, 0.25) is 0 Å². The van der Waals surface area contributed by atoms with Crippen molar-refractivity contribution >= 4 is 22.9 Å². The second-order valence-electron chi connectivity index (χ2n) is 7.36. The van der Waals surface area contributed by atoms with Crippen LogP contribution in [-0.4, -0.2) is 28.5 Å². The number of rotatable bonds is 4. The van der Waals surface area contributed by atoms with E-state index < -0.39 is 0 Å². The summed E-state index contributed by atoms with van der Waals surface area (Å²) in [5.41, 5.74) is 3.42. The molecule has 0 N–H and O–H groups in total. The summed E-state index contributed by atoms with van der Waals surface area (Å²) in [6.07, 6.45) is 3.65. The maximum atomic E-state index is 14.2. The van der Waals surface area contributed by atoms with Gasteiger partial charge in [0, 0.05) is 40.8 Å². The number of hydrogen-bond acceptors (Lipinski definition) is 2. The highest BCUT2D eigenvalue weighted by atomic mass is 19.1. The summed E-state index contributed by atoms with van der Waals surface area (Å²) in [7, 11) is 0. The molecule has 146 valence electrons. The summed E-state index contributed by atoms with van der Waals surface area (Å²) < 4.78 is 16.3. The van der Waals surface area contributed by atoms with Crippen molar-refractivity contribution in [3.05, 3.63) is 76.7 Å². The number of para-hydroxylation sites is 1. The SMILES string of the molecule is Cc1c(/C=C(\C#N)C(=O)N2CCCC2)c2ccccc2n1Cc1ccccc1F. The maximum Gasteiger partial charge on any atom is 0.264 e. The van der Waals surface area contributed by atoms with E-state index in [0.29, 0.717) is 25.2 Å². The lowest BCUT2D eigenvalue weighted by molar-refractivity contribution is -0.125. The van der Waals surface area contributed by atoms with Gasteiger partial charge in [-0.05, 0) is 38.0 Å². The van der Waals surface area contributed by atoms with Gasteiger partial charge < -0.3 is 9.47 Å². The highest BCUT2D eigenvalue weighted by Gasteiger charge is 2.23. The van der Waals surface area contributed by atoms with Gasteiger partial charge in [0.1, 0.15) is 17.5 Å². The standard InChI is InChI=1S/C24H22FN3O/c1-17-21(14-19(15-26)24(29)27-12-6-7-13-27)20-9-3-5-11-23(20)28(17)16-18-8-2-4-10-22(18)25/h2-5,8-11,14H,6-7,12-13,16H2,1H3/b19-14+. The summed E-state index contributed by atoms with van der Waals surface area (Å²) in [5.74, 6) is -0.459. The van der Waals surface area contributed by atoms with Gasteiger partial charge in [0.05, 0.1) is 6.54 Å². The van der Waals surface area contributed by atoms with Crippen LogP contribution in [0.2, 0.25) is 0 Å². The Hall–Kier alpha value is -3.39. The monoisotopic (exact) mass is 387 g/mol. The fraction of sp³-hybridized carbons (Fsp3) is 0.250. The van der Waals surface area contributed by atoms with Gasteiger partial charge in [-0.25, -0.2) is 4.39 Å². The quantitative estimate of drug-likeness (QED) is 0.483. The number of nitriles is 1. The van der Waals surface area contributed by atoms with Crippen molar-refractivity contribution < 1.29 is 9.18 Å². The van der Waals surface area contributed by atoms with Crippen molar-refractivity contribution in [3.63, 3.8) is 0 Å². The molecule has 5 heteroatoms. The summed E-state index contributed by atoms with van der Waals surface area (Å²) in [4.78, 5) is 14.5. The number of hydrogen-bond donors (Lipinski definition) is 0. The topological polar surface area (TPSA) is 49.0 Å². The van der Waals surface area contributed by atoms with Crippen LogP contribution in [0, 0.1) is 24.1 Å². The van der Waals surface area contributed by atoms with Crippen LogP contribution < -0.4 is 0 Å². The van der Waals surface area contributed by atoms with E-state index in [1.54, 1.807) is 23.1 Å². The number of benzene rings is 2. The Morgan fingerprint density at radius 3 is 2.55 bits per heavy atom. The fourth-order valence-corrected chi connectivity index (χ4v) is 4.02. The van der Waals surface area contributed by atoms with Gasteiger partial charge in [0.15, 0.2) is 0 Å². The maximum absolute atomic E-state index is 14.2. The highest BCUT2D eigenvalue weighted by Crippen LogP contribution is 2.29. The molecule has 2 aromatic carbocycles. The van der Waals surface area contributed by atoms with E-state index >= 15 is 0 Å². The van der Waals surface area contributed by atoms with Gasteiger partial charge in [-0.1, -0.05) is 36.4 Å². The zero-order valence-electron chi connectivity index (χ0n) is 16.4. The Balaban J connectivity index is 1.81. The average Bonchev–Trinajstić information content (AvgIpc) is 3.36. The van der Waals surface area contributed by atoms with Gasteiger partial charge in [0.25, 0.3) is 5.91 Å². The van der Waals surface area contributed by atoms with Crippen LogP contribution >= 0.6 is 0 Å². The van der Waals surface area contributed by atoms with Gasteiger partial charge >= 0.3 is 0 Å². The zero-order valence-corrected chi connectivity index (χ0v) is 16.4. The number of nitrogens with zero attached hydrogens (tertiary/aromatic N) is 3. The number of halogens is 1. The van der Waals surface area contributed by atoms with E-state index in [0.717, 1.165) is 35.0 Å². The number of amides is 1. The molecule has 1 amide bonds. The molecule has 0 saturated carbocycles. The largest absolute Gasteiger partial charge is 0.340 e. The van der Waals surface area contributed by atoms with Crippen LogP contribution in [0.1, 0.15) is 29.7 Å². The van der Waals surface area contributed by atoms with Crippen molar-refractivity contribution in [1.29, 1.82) is 5.26 Å². The minimum absolute atomic E-state index is 0.142. The lowest BCUT2D eigenvalue weighted by Crippen LogP contribution is -2.28. The summed E-state index contributed by atoms with van der Waals surface area (Å²) in [6, 6.07) is 16.6. The molecule has 0 unspecified atom stereocenters. The Morgan fingerprint density at radius 1 is 1.14 bits per heavy atom. The van der Waals surface area contributed by atoms with Crippen molar-refractivity contribution in [3.8, 4) is 6.07 Å². The Bertz CT molecular complexity index is 1150. The normalized spacial score (nSPS) is 14.4. The molecular formula is C24H22FN3O. The van der Waals surface area contributed by atoms with E-state index in [9.17, 15) is 14.4 Å². The molecule has 29 heavy (non-hydrogen) atoms. The molecule has 3 aromatic rings. The summed E-state index contributed by atoms with van der Waals surface area (Å²) >= 11 is 0. The first-order valence-electron chi connectivity index (χ1n) is 9.82. The molecule has 2 heterocycles. The van der Waals surface area contributed by atoms with Crippen molar-refractivity contribution in [1.82, 2.24) is 9.47 Å². The molecule has 1 aromatic heterocycles. The number of likely N-dealkylation sites (tertiary alicyclic amines) is 1.